The van der Waals surface area contributed by atoms with Gasteiger partial charge in [-0.3, -0.25) is 9.35 Å². The molecule has 0 atom stereocenters. The van der Waals surface area contributed by atoms with Crippen molar-refractivity contribution in [2.24, 2.45) is 0 Å². The average molecular weight is 245 g/mol. The summed E-state index contributed by atoms with van der Waals surface area (Å²) in [6.45, 7) is 1.84. The second kappa shape index (κ2) is 5.36. The number of hydrogen-bond donors (Lipinski definition) is 2. The van der Waals surface area contributed by atoms with Crippen LogP contribution in [0.5, 0.6) is 0 Å². The molecule has 1 amide bonds. The van der Waals surface area contributed by atoms with Gasteiger partial charge in [-0.2, -0.15) is 17.2 Å². The van der Waals surface area contributed by atoms with Gasteiger partial charge in [0.05, 0.1) is 0 Å². The van der Waals surface area contributed by atoms with Gasteiger partial charge >= 0.3 is 21.3 Å². The Balaban J connectivity index is 4.22. The van der Waals surface area contributed by atoms with Crippen molar-refractivity contribution < 1.29 is 26.5 Å². The lowest BCUT2D eigenvalue weighted by Gasteiger charge is -2.12. The molecule has 0 rings (SSSR count). The lowest BCUT2D eigenvalue weighted by Crippen LogP contribution is -2.45. The molecule has 0 saturated heterocycles. The second-order valence-corrected chi connectivity index (χ2v) is 4.42. The molecule has 0 aromatic heterocycles. The molecule has 0 bridgehead atoms. The Labute approximate surface area is 86.6 Å². The predicted octanol–water partition coefficient (Wildman–Crippen LogP) is 0.773. The summed E-state index contributed by atoms with van der Waals surface area (Å²) >= 11 is 0. The zero-order chi connectivity index (χ0) is 12.1. The molecule has 0 aromatic carbocycles. The lowest BCUT2D eigenvalue weighted by molar-refractivity contribution is -0.136. The summed E-state index contributed by atoms with van der Waals surface area (Å²) in [7, 11) is -5.69. The van der Waals surface area contributed by atoms with E-state index in [1.165, 1.54) is 0 Å². The number of unbranched alkanes of at least 4 members (excludes halogenated alkanes) is 2. The zero-order valence-electron chi connectivity index (χ0n) is 8.16. The quantitative estimate of drug-likeness (QED) is 0.535. The Morgan fingerprint density at radius 3 is 2.33 bits per heavy atom. The summed E-state index contributed by atoms with van der Waals surface area (Å²) in [5, 5.41) is -3.04. The van der Waals surface area contributed by atoms with E-state index in [1.54, 1.807) is 5.32 Å². The van der Waals surface area contributed by atoms with Crippen molar-refractivity contribution in [2.45, 2.75) is 31.4 Å². The Morgan fingerprint density at radius 2 is 1.93 bits per heavy atom. The van der Waals surface area contributed by atoms with Gasteiger partial charge in [0.15, 0.2) is 0 Å². The third kappa shape index (κ3) is 4.08. The first-order valence-corrected chi connectivity index (χ1v) is 5.80. The molecule has 0 fully saturated rings. The van der Waals surface area contributed by atoms with Crippen molar-refractivity contribution in [3.05, 3.63) is 0 Å². The summed E-state index contributed by atoms with van der Waals surface area (Å²) in [5.41, 5.74) is 0. The van der Waals surface area contributed by atoms with Gasteiger partial charge in [-0.05, 0) is 6.42 Å². The number of carbonyl (C=O) groups is 1. The van der Waals surface area contributed by atoms with Crippen molar-refractivity contribution >= 4 is 16.0 Å². The van der Waals surface area contributed by atoms with E-state index in [0.29, 0.717) is 6.42 Å². The molecule has 2 N–H and O–H groups in total. The third-order valence-corrected chi connectivity index (χ3v) is 2.49. The first-order chi connectivity index (χ1) is 6.73. The fourth-order valence-corrected chi connectivity index (χ4v) is 1.10. The zero-order valence-corrected chi connectivity index (χ0v) is 8.98. The minimum Gasteiger partial charge on any atom is -0.350 e. The fourth-order valence-electron chi connectivity index (χ4n) is 0.797. The summed E-state index contributed by atoms with van der Waals surface area (Å²) in [4.78, 5) is 10.7. The van der Waals surface area contributed by atoms with E-state index in [1.807, 2.05) is 6.92 Å². The van der Waals surface area contributed by atoms with Gasteiger partial charge in [0.25, 0.3) is 0 Å². The summed E-state index contributed by atoms with van der Waals surface area (Å²) < 4.78 is 53.5. The van der Waals surface area contributed by atoms with E-state index >= 15 is 0 Å². The topological polar surface area (TPSA) is 83.5 Å². The van der Waals surface area contributed by atoms with Crippen molar-refractivity contribution in [1.29, 1.82) is 0 Å². The number of rotatable bonds is 6. The fraction of sp³-hybridized carbons (Fsp3) is 0.857. The number of carbonyl (C=O) groups excluding carboxylic acids is 1. The first-order valence-electron chi connectivity index (χ1n) is 4.36. The maximum Gasteiger partial charge on any atom is 0.446 e. The van der Waals surface area contributed by atoms with Gasteiger partial charge in [0.1, 0.15) is 0 Å². The molecule has 15 heavy (non-hydrogen) atoms. The van der Waals surface area contributed by atoms with Crippen LogP contribution >= 0.6 is 0 Å². The van der Waals surface area contributed by atoms with Crippen molar-refractivity contribution in [2.75, 3.05) is 6.54 Å². The normalized spacial score (nSPS) is 12.5. The number of halogens is 2. The van der Waals surface area contributed by atoms with Gasteiger partial charge in [-0.15, -0.1) is 0 Å². The van der Waals surface area contributed by atoms with Crippen LogP contribution in [0.4, 0.5) is 8.78 Å². The molecule has 0 spiro atoms. The predicted molar refractivity (Wildman–Crippen MR) is 49.0 cm³/mol. The number of amides is 1. The van der Waals surface area contributed by atoms with Gasteiger partial charge in [-0.1, -0.05) is 19.8 Å². The van der Waals surface area contributed by atoms with Crippen LogP contribution in [0.3, 0.4) is 0 Å². The standard InChI is InChI=1S/C7H13F2NO4S/c1-2-3-4-5-10-6(11)7(8,9)15(12,13)14/h2-5H2,1H3,(H,10,11)(H,12,13,14). The first kappa shape index (κ1) is 14.2. The minimum absolute atomic E-state index is 0.0439. The molecule has 0 aliphatic carbocycles. The molecule has 90 valence electrons. The highest BCUT2D eigenvalue weighted by Crippen LogP contribution is 2.20. The van der Waals surface area contributed by atoms with Crippen LogP contribution < -0.4 is 5.32 Å². The summed E-state index contributed by atoms with van der Waals surface area (Å²) in [6.07, 6.45) is 2.05. The van der Waals surface area contributed by atoms with Crippen LogP contribution in [0.15, 0.2) is 0 Å². The van der Waals surface area contributed by atoms with E-state index in [9.17, 15) is 22.0 Å². The van der Waals surface area contributed by atoms with Crippen LogP contribution in [-0.4, -0.2) is 30.7 Å². The van der Waals surface area contributed by atoms with E-state index in [4.69, 9.17) is 4.55 Å². The molecule has 5 nitrogen and oxygen atoms in total. The molecule has 0 radical (unpaired) electrons. The van der Waals surface area contributed by atoms with Gasteiger partial charge in [0.2, 0.25) is 0 Å². The number of hydrogen-bond acceptors (Lipinski definition) is 3. The highest BCUT2D eigenvalue weighted by atomic mass is 32.2. The molecule has 0 saturated carbocycles. The number of alkyl halides is 2. The smallest absolute Gasteiger partial charge is 0.350 e. The van der Waals surface area contributed by atoms with Crippen molar-refractivity contribution in [1.82, 2.24) is 5.32 Å². The Kier molecular flexibility index (Phi) is 5.09. The van der Waals surface area contributed by atoms with Gasteiger partial charge in [-0.25, -0.2) is 0 Å². The maximum atomic E-state index is 12.6. The molecule has 8 heteroatoms. The van der Waals surface area contributed by atoms with Crippen molar-refractivity contribution in [3.8, 4) is 0 Å². The third-order valence-electron chi connectivity index (χ3n) is 1.65. The average Bonchev–Trinajstić information content (AvgIpc) is 2.10. The molecule has 0 unspecified atom stereocenters. The Morgan fingerprint density at radius 1 is 1.40 bits per heavy atom. The Hall–Kier alpha value is -0.760. The lowest BCUT2D eigenvalue weighted by atomic mass is 10.2. The van der Waals surface area contributed by atoms with Crippen molar-refractivity contribution in [3.63, 3.8) is 0 Å². The van der Waals surface area contributed by atoms with Gasteiger partial charge < -0.3 is 5.32 Å². The Bertz CT molecular complexity index is 315. The van der Waals surface area contributed by atoms with E-state index in [0.717, 1.165) is 12.8 Å². The summed E-state index contributed by atoms with van der Waals surface area (Å²) in [6, 6.07) is 0. The minimum atomic E-state index is -5.69. The van der Waals surface area contributed by atoms with Gasteiger partial charge in [0, 0.05) is 6.54 Å². The van der Waals surface area contributed by atoms with Crippen LogP contribution in [-0.2, 0) is 14.9 Å². The van der Waals surface area contributed by atoms with Crippen LogP contribution in [0.25, 0.3) is 0 Å². The molecule has 0 aliphatic heterocycles. The molecule has 0 aromatic rings. The van der Waals surface area contributed by atoms with E-state index in [-0.39, 0.29) is 6.54 Å². The van der Waals surface area contributed by atoms with E-state index < -0.39 is 21.3 Å². The number of nitrogens with one attached hydrogen (secondary N) is 1. The van der Waals surface area contributed by atoms with Crippen LogP contribution in [0, 0.1) is 0 Å². The molecule has 0 heterocycles. The monoisotopic (exact) mass is 245 g/mol. The maximum absolute atomic E-state index is 12.6. The van der Waals surface area contributed by atoms with Crippen LogP contribution in [0.1, 0.15) is 26.2 Å². The molecular formula is C7H13F2NO4S. The second-order valence-electron chi connectivity index (χ2n) is 2.95. The molecule has 0 aliphatic rings. The largest absolute Gasteiger partial charge is 0.446 e. The summed E-state index contributed by atoms with van der Waals surface area (Å²) in [5.74, 6) is -2.00. The molecular weight excluding hydrogens is 232 g/mol. The highest BCUT2D eigenvalue weighted by Gasteiger charge is 2.52. The SMILES string of the molecule is CCCCCNC(=O)C(F)(F)S(=O)(=O)O. The van der Waals surface area contributed by atoms with Crippen LogP contribution in [0.2, 0.25) is 0 Å². The van der Waals surface area contributed by atoms with E-state index in [2.05, 4.69) is 0 Å². The highest BCUT2D eigenvalue weighted by molar-refractivity contribution is 7.87.